The van der Waals surface area contributed by atoms with Gasteiger partial charge in [0.05, 0.1) is 25.9 Å². The number of benzene rings is 3. The van der Waals surface area contributed by atoms with Crippen molar-refractivity contribution in [2.75, 3.05) is 19.8 Å². The maximum Gasteiger partial charge on any atom is 0.191 e. The summed E-state index contributed by atoms with van der Waals surface area (Å²) in [5.74, 6) is -1.10. The van der Waals surface area contributed by atoms with Gasteiger partial charge in [0, 0.05) is 19.5 Å². The molecule has 3 aromatic rings. The maximum atomic E-state index is 13.8. The zero-order valence-electron chi connectivity index (χ0n) is 17.9. The summed E-state index contributed by atoms with van der Waals surface area (Å²) in [7, 11) is 0. The minimum atomic E-state index is -0.859. The van der Waals surface area contributed by atoms with Crippen LogP contribution in [0.5, 0.6) is 0 Å². The number of rotatable bonds is 3. The van der Waals surface area contributed by atoms with Gasteiger partial charge in [-0.1, -0.05) is 66.7 Å². The van der Waals surface area contributed by atoms with Crippen LogP contribution < -0.4 is 0 Å². The second-order valence-electron chi connectivity index (χ2n) is 8.98. The highest BCUT2D eigenvalue weighted by atomic mass is 19.1. The lowest BCUT2D eigenvalue weighted by Crippen LogP contribution is -2.54. The minimum absolute atomic E-state index is 0.173. The SMILES string of the molecule is Fc1ccc(C2N(Cc3ccccc3)CCO[C@@]23C[C@]2(CO3)OCc3ccccc32)cc1. The van der Waals surface area contributed by atoms with E-state index in [1.165, 1.54) is 28.8 Å². The summed E-state index contributed by atoms with van der Waals surface area (Å²) in [5, 5.41) is 0. The Balaban J connectivity index is 1.39. The first-order valence-electron chi connectivity index (χ1n) is 11.2. The number of nitrogens with zero attached hydrogens (tertiary/aromatic N) is 1. The molecule has 164 valence electrons. The Morgan fingerprint density at radius 3 is 2.50 bits per heavy atom. The first kappa shape index (κ1) is 20.1. The first-order chi connectivity index (χ1) is 15.7. The fraction of sp³-hybridized carbons (Fsp3) is 0.333. The van der Waals surface area contributed by atoms with Gasteiger partial charge in [-0.15, -0.1) is 0 Å². The average molecular weight is 432 g/mol. The van der Waals surface area contributed by atoms with E-state index in [4.69, 9.17) is 14.2 Å². The van der Waals surface area contributed by atoms with E-state index in [1.807, 2.05) is 24.3 Å². The first-order valence-corrected chi connectivity index (χ1v) is 11.2. The summed E-state index contributed by atoms with van der Waals surface area (Å²) in [5.41, 5.74) is 4.11. The summed E-state index contributed by atoms with van der Waals surface area (Å²) in [6.07, 6.45) is 0.602. The molecule has 0 aromatic heterocycles. The molecule has 3 atom stereocenters. The molecule has 2 fully saturated rings. The van der Waals surface area contributed by atoms with Gasteiger partial charge < -0.3 is 14.2 Å². The molecule has 0 N–H and O–H groups in total. The van der Waals surface area contributed by atoms with Crippen LogP contribution in [0, 0.1) is 5.82 Å². The summed E-state index contributed by atoms with van der Waals surface area (Å²) < 4.78 is 33.2. The van der Waals surface area contributed by atoms with E-state index in [0.29, 0.717) is 26.2 Å². The number of ether oxygens (including phenoxy) is 3. The van der Waals surface area contributed by atoms with Crippen molar-refractivity contribution >= 4 is 0 Å². The number of halogens is 1. The number of fused-ring (bicyclic) bond motifs is 2. The van der Waals surface area contributed by atoms with Gasteiger partial charge in [-0.05, 0) is 34.4 Å². The molecule has 2 saturated heterocycles. The molecule has 0 aliphatic carbocycles. The van der Waals surface area contributed by atoms with E-state index in [0.717, 1.165) is 18.7 Å². The van der Waals surface area contributed by atoms with Crippen molar-refractivity contribution in [2.24, 2.45) is 0 Å². The van der Waals surface area contributed by atoms with Crippen molar-refractivity contribution in [3.05, 3.63) is 107 Å². The molecule has 6 rings (SSSR count). The van der Waals surface area contributed by atoms with Crippen molar-refractivity contribution in [2.45, 2.75) is 37.0 Å². The molecule has 32 heavy (non-hydrogen) atoms. The Hall–Kier alpha value is -2.57. The molecule has 0 saturated carbocycles. The van der Waals surface area contributed by atoms with E-state index >= 15 is 0 Å². The second-order valence-corrected chi connectivity index (χ2v) is 8.98. The van der Waals surface area contributed by atoms with Crippen molar-refractivity contribution in [1.82, 2.24) is 4.90 Å². The van der Waals surface area contributed by atoms with Crippen LogP contribution in [-0.2, 0) is 33.0 Å². The van der Waals surface area contributed by atoms with E-state index in [1.54, 1.807) is 0 Å². The molecule has 1 unspecified atom stereocenters. The molecular formula is C27H26FNO3. The molecule has 2 spiro atoms. The van der Waals surface area contributed by atoms with Gasteiger partial charge in [0.1, 0.15) is 11.4 Å². The monoisotopic (exact) mass is 431 g/mol. The molecule has 3 aromatic carbocycles. The van der Waals surface area contributed by atoms with E-state index in [9.17, 15) is 4.39 Å². The van der Waals surface area contributed by atoms with Crippen molar-refractivity contribution < 1.29 is 18.6 Å². The van der Waals surface area contributed by atoms with Crippen LogP contribution in [0.3, 0.4) is 0 Å². The molecule has 0 bridgehead atoms. The lowest BCUT2D eigenvalue weighted by Gasteiger charge is -2.47. The summed E-state index contributed by atoms with van der Waals surface area (Å²) in [4.78, 5) is 2.39. The normalized spacial score (nSPS) is 29.6. The lowest BCUT2D eigenvalue weighted by atomic mass is 9.84. The molecule has 0 radical (unpaired) electrons. The topological polar surface area (TPSA) is 30.9 Å². The fourth-order valence-corrected chi connectivity index (χ4v) is 5.58. The zero-order valence-corrected chi connectivity index (χ0v) is 17.9. The van der Waals surface area contributed by atoms with Gasteiger partial charge in [-0.25, -0.2) is 4.39 Å². The van der Waals surface area contributed by atoms with E-state index in [2.05, 4.69) is 47.4 Å². The van der Waals surface area contributed by atoms with Gasteiger partial charge in [0.25, 0.3) is 0 Å². The predicted octanol–water partition coefficient (Wildman–Crippen LogP) is 4.94. The van der Waals surface area contributed by atoms with E-state index < -0.39 is 11.4 Å². The number of hydrogen-bond donors (Lipinski definition) is 0. The van der Waals surface area contributed by atoms with Crippen molar-refractivity contribution in [3.63, 3.8) is 0 Å². The third-order valence-electron chi connectivity index (χ3n) is 7.01. The molecule has 3 heterocycles. The smallest absolute Gasteiger partial charge is 0.191 e. The van der Waals surface area contributed by atoms with Crippen LogP contribution >= 0.6 is 0 Å². The summed E-state index contributed by atoms with van der Waals surface area (Å²) in [6.45, 7) is 3.14. The Kier molecular flexibility index (Phi) is 4.88. The fourth-order valence-electron chi connectivity index (χ4n) is 5.58. The van der Waals surface area contributed by atoms with Gasteiger partial charge in [-0.2, -0.15) is 0 Å². The predicted molar refractivity (Wildman–Crippen MR) is 118 cm³/mol. The highest BCUT2D eigenvalue weighted by Crippen LogP contribution is 2.54. The van der Waals surface area contributed by atoms with Crippen LogP contribution in [-0.4, -0.2) is 30.4 Å². The minimum Gasteiger partial charge on any atom is -0.363 e. The van der Waals surface area contributed by atoms with Crippen LogP contribution in [0.2, 0.25) is 0 Å². The molecule has 0 amide bonds. The number of morpholine rings is 1. The molecule has 5 heteroatoms. The molecule has 3 aliphatic heterocycles. The molecule has 4 nitrogen and oxygen atoms in total. The van der Waals surface area contributed by atoms with Crippen LogP contribution in [0.4, 0.5) is 4.39 Å². The lowest BCUT2D eigenvalue weighted by molar-refractivity contribution is -0.276. The summed E-state index contributed by atoms with van der Waals surface area (Å²) >= 11 is 0. The third-order valence-corrected chi connectivity index (χ3v) is 7.01. The Bertz CT molecular complexity index is 1110. The van der Waals surface area contributed by atoms with Crippen LogP contribution in [0.1, 0.15) is 34.7 Å². The zero-order chi connectivity index (χ0) is 21.6. The van der Waals surface area contributed by atoms with Gasteiger partial charge >= 0.3 is 0 Å². The van der Waals surface area contributed by atoms with Crippen LogP contribution in [0.25, 0.3) is 0 Å². The molecule has 3 aliphatic rings. The maximum absolute atomic E-state index is 13.8. The van der Waals surface area contributed by atoms with Gasteiger partial charge in [0.15, 0.2) is 5.79 Å². The quantitative estimate of drug-likeness (QED) is 0.588. The largest absolute Gasteiger partial charge is 0.363 e. The number of hydrogen-bond acceptors (Lipinski definition) is 4. The van der Waals surface area contributed by atoms with Gasteiger partial charge in [-0.3, -0.25) is 4.90 Å². The van der Waals surface area contributed by atoms with E-state index in [-0.39, 0.29) is 11.9 Å². The average Bonchev–Trinajstić information content (AvgIpc) is 3.37. The highest BCUT2D eigenvalue weighted by Gasteiger charge is 2.60. The van der Waals surface area contributed by atoms with Gasteiger partial charge in [0.2, 0.25) is 0 Å². The second kappa shape index (κ2) is 7.78. The Morgan fingerprint density at radius 1 is 0.875 bits per heavy atom. The Morgan fingerprint density at radius 2 is 1.66 bits per heavy atom. The van der Waals surface area contributed by atoms with Crippen LogP contribution in [0.15, 0.2) is 78.9 Å². The Labute approximate surface area is 187 Å². The highest BCUT2D eigenvalue weighted by molar-refractivity contribution is 5.38. The standard InChI is InChI=1S/C27H26FNO3/c28-23-12-10-21(11-13-23)25-27(30-15-14-29(25)16-20-6-2-1-3-7-20)18-26(19-32-27)24-9-5-4-8-22(24)17-31-26/h1-13,25H,14-19H2/t25?,26-,27-/m1/s1. The third kappa shape index (κ3) is 3.28. The summed E-state index contributed by atoms with van der Waals surface area (Å²) in [6, 6.07) is 25.4. The van der Waals surface area contributed by atoms with Crippen molar-refractivity contribution in [3.8, 4) is 0 Å². The van der Waals surface area contributed by atoms with Crippen molar-refractivity contribution in [1.29, 1.82) is 0 Å². The molecular weight excluding hydrogens is 405 g/mol.